The highest BCUT2D eigenvalue weighted by Crippen LogP contribution is 1.64. The van der Waals surface area contributed by atoms with Crippen LogP contribution >= 0.6 is 0 Å². The van der Waals surface area contributed by atoms with Crippen molar-refractivity contribution in [3.63, 3.8) is 0 Å². The van der Waals surface area contributed by atoms with Crippen LogP contribution in [0.4, 0.5) is 0 Å². The highest BCUT2D eigenvalue weighted by Gasteiger charge is 1.42. The molecular weight excluding hydrogens is 84.1 g/mol. The summed E-state index contributed by atoms with van der Waals surface area (Å²) >= 11 is 0. The van der Waals surface area contributed by atoms with E-state index in [2.05, 4.69) is 19.4 Å². The van der Waals surface area contributed by atoms with Crippen LogP contribution in [0.2, 0.25) is 0 Å². The van der Waals surface area contributed by atoms with E-state index in [-0.39, 0.29) is 0 Å². The molecule has 0 N–H and O–H groups in total. The summed E-state index contributed by atoms with van der Waals surface area (Å²) < 4.78 is 0. The molecule has 0 bridgehead atoms. The van der Waals surface area contributed by atoms with Gasteiger partial charge in [-0.25, -0.2) is 0 Å². The average molecular weight is 94.2 g/mol. The van der Waals surface area contributed by atoms with Crippen molar-refractivity contribution in [2.45, 2.75) is 6.92 Å². The van der Waals surface area contributed by atoms with E-state index in [1.807, 2.05) is 19.1 Å². The molecule has 7 heavy (non-hydrogen) atoms. The Balaban J connectivity index is 0. The molecule has 0 aliphatic heterocycles. The third-order valence-electron chi connectivity index (χ3n) is 0.329. The number of hydrogen-bond acceptors (Lipinski definition) is 0. The number of hydrogen-bond donors (Lipinski definition) is 0. The first-order chi connectivity index (χ1) is 3.41. The molecule has 0 amide bonds. The molecule has 38 valence electrons. The fourth-order valence-corrected chi connectivity index (χ4v) is 0.136. The first-order valence-electron chi connectivity index (χ1n) is 1.99. The van der Waals surface area contributed by atoms with Gasteiger partial charge in [-0.1, -0.05) is 24.8 Å². The van der Waals surface area contributed by atoms with E-state index < -0.39 is 0 Å². The first-order valence-corrected chi connectivity index (χ1v) is 1.99. The zero-order valence-corrected chi connectivity index (χ0v) is 4.59. The topological polar surface area (TPSA) is 0 Å². The summed E-state index contributed by atoms with van der Waals surface area (Å²) in [6.45, 7) is 5.42. The van der Waals surface area contributed by atoms with E-state index in [9.17, 15) is 0 Å². The van der Waals surface area contributed by atoms with Gasteiger partial charge < -0.3 is 0 Å². The molecule has 0 heterocycles. The molecule has 0 rings (SSSR count). The standard InChI is InChI=1S/C5H8.C2H2/c1-3-5-4-2;1-2/h3-5H,1H2,2H3;1-2H/b5-4-;. The maximum atomic E-state index is 4.00. The number of allylic oxidation sites excluding steroid dienone is 3. The largest absolute Gasteiger partial charge is 0.124 e. The van der Waals surface area contributed by atoms with Gasteiger partial charge in [-0.2, -0.15) is 0 Å². The van der Waals surface area contributed by atoms with E-state index in [0.29, 0.717) is 0 Å². The van der Waals surface area contributed by atoms with Gasteiger partial charge >= 0.3 is 0 Å². The second-order valence-electron chi connectivity index (χ2n) is 0.761. The number of terminal acetylenes is 1. The Morgan fingerprint density at radius 3 is 1.86 bits per heavy atom. The van der Waals surface area contributed by atoms with E-state index in [0.717, 1.165) is 0 Å². The predicted molar refractivity (Wildman–Crippen MR) is 34.9 cm³/mol. The summed E-state index contributed by atoms with van der Waals surface area (Å²) in [5, 5.41) is 0. The van der Waals surface area contributed by atoms with Gasteiger partial charge in [0.2, 0.25) is 0 Å². The van der Waals surface area contributed by atoms with Crippen LogP contribution in [0.15, 0.2) is 24.8 Å². The lowest BCUT2D eigenvalue weighted by molar-refractivity contribution is 1.74. The molecule has 0 aromatic carbocycles. The minimum absolute atomic E-state index is 1.75. The Kier molecular flexibility index (Phi) is 26.5. The van der Waals surface area contributed by atoms with E-state index in [1.165, 1.54) is 0 Å². The summed E-state index contributed by atoms with van der Waals surface area (Å²) in [5.74, 6) is 0. The minimum atomic E-state index is 1.75. The Bertz CT molecular complexity index is 65.4. The molecule has 0 aromatic rings. The Hall–Kier alpha value is -0.960. The van der Waals surface area contributed by atoms with Crippen LogP contribution in [-0.2, 0) is 0 Å². The van der Waals surface area contributed by atoms with Gasteiger partial charge in [0.15, 0.2) is 0 Å². The van der Waals surface area contributed by atoms with Crippen molar-refractivity contribution in [1.29, 1.82) is 0 Å². The Labute approximate surface area is 45.6 Å². The molecule has 0 spiro atoms. The third kappa shape index (κ3) is 43.1. The highest BCUT2D eigenvalue weighted by molar-refractivity contribution is 4.94. The van der Waals surface area contributed by atoms with Crippen molar-refractivity contribution in [1.82, 2.24) is 0 Å². The molecule has 0 aliphatic rings. The normalized spacial score (nSPS) is 6.71. The van der Waals surface area contributed by atoms with Gasteiger partial charge in [0, 0.05) is 0 Å². The second kappa shape index (κ2) is 19.8. The van der Waals surface area contributed by atoms with Crippen LogP contribution < -0.4 is 0 Å². The molecule has 0 aromatic heterocycles. The van der Waals surface area contributed by atoms with Gasteiger partial charge in [0.05, 0.1) is 0 Å². The highest BCUT2D eigenvalue weighted by atomic mass is 13.5. The molecule has 0 fully saturated rings. The van der Waals surface area contributed by atoms with Gasteiger partial charge in [-0.05, 0) is 6.92 Å². The minimum Gasteiger partial charge on any atom is -0.124 e. The van der Waals surface area contributed by atoms with Crippen LogP contribution in [0, 0.1) is 12.8 Å². The maximum absolute atomic E-state index is 4.00. The average Bonchev–Trinajstić information content (AvgIpc) is 1.75. The van der Waals surface area contributed by atoms with Gasteiger partial charge in [-0.15, -0.1) is 12.8 Å². The smallest absolute Gasteiger partial charge is 0.0467 e. The first kappa shape index (κ1) is 9.40. The summed E-state index contributed by atoms with van der Waals surface area (Å²) in [5.41, 5.74) is 0. The fraction of sp³-hybridized carbons (Fsp3) is 0.143. The van der Waals surface area contributed by atoms with Crippen LogP contribution in [-0.4, -0.2) is 0 Å². The van der Waals surface area contributed by atoms with Crippen molar-refractivity contribution in [3.8, 4) is 12.8 Å². The van der Waals surface area contributed by atoms with Gasteiger partial charge in [-0.3, -0.25) is 0 Å². The van der Waals surface area contributed by atoms with Crippen molar-refractivity contribution in [3.05, 3.63) is 24.8 Å². The lowest BCUT2D eigenvalue weighted by atomic mass is 10.5. The van der Waals surface area contributed by atoms with E-state index in [4.69, 9.17) is 0 Å². The molecule has 0 saturated heterocycles. The summed E-state index contributed by atoms with van der Waals surface area (Å²) in [7, 11) is 0. The molecule has 0 atom stereocenters. The van der Waals surface area contributed by atoms with Crippen LogP contribution in [0.1, 0.15) is 6.92 Å². The lowest BCUT2D eigenvalue weighted by Crippen LogP contribution is -1.33. The summed E-state index contributed by atoms with van der Waals surface area (Å²) in [4.78, 5) is 0. The SMILES string of the molecule is C#C.C=C/C=C\C. The van der Waals surface area contributed by atoms with Crippen LogP contribution in [0.5, 0.6) is 0 Å². The molecule has 0 saturated carbocycles. The zero-order valence-electron chi connectivity index (χ0n) is 4.59. The predicted octanol–water partition coefficient (Wildman–Crippen LogP) is 2.00. The van der Waals surface area contributed by atoms with E-state index >= 15 is 0 Å². The van der Waals surface area contributed by atoms with Crippen molar-refractivity contribution < 1.29 is 0 Å². The lowest BCUT2D eigenvalue weighted by Gasteiger charge is -1.56. The van der Waals surface area contributed by atoms with Crippen LogP contribution in [0.25, 0.3) is 0 Å². The number of rotatable bonds is 1. The van der Waals surface area contributed by atoms with Crippen molar-refractivity contribution in [2.75, 3.05) is 0 Å². The molecular formula is C7H10. The monoisotopic (exact) mass is 94.1 g/mol. The zero-order chi connectivity index (χ0) is 6.12. The van der Waals surface area contributed by atoms with Crippen molar-refractivity contribution in [2.24, 2.45) is 0 Å². The van der Waals surface area contributed by atoms with Crippen LogP contribution in [0.3, 0.4) is 0 Å². The maximum Gasteiger partial charge on any atom is -0.0467 e. The van der Waals surface area contributed by atoms with Gasteiger partial charge in [0.1, 0.15) is 0 Å². The molecule has 0 nitrogen and oxygen atoms in total. The molecule has 0 aliphatic carbocycles. The summed E-state index contributed by atoms with van der Waals surface area (Å²) in [6, 6.07) is 0. The van der Waals surface area contributed by atoms with Crippen molar-refractivity contribution >= 4 is 0 Å². The third-order valence-corrected chi connectivity index (χ3v) is 0.329. The second-order valence-corrected chi connectivity index (χ2v) is 0.761. The Morgan fingerprint density at radius 1 is 1.43 bits per heavy atom. The molecule has 0 radical (unpaired) electrons. The quantitative estimate of drug-likeness (QED) is 0.344. The summed E-state index contributed by atoms with van der Waals surface area (Å²) in [6.07, 6.45) is 13.6. The van der Waals surface area contributed by atoms with Gasteiger partial charge in [0.25, 0.3) is 0 Å². The van der Waals surface area contributed by atoms with E-state index in [1.54, 1.807) is 6.08 Å². The Morgan fingerprint density at radius 2 is 1.86 bits per heavy atom. The molecule has 0 unspecified atom stereocenters. The molecule has 0 heteroatoms. The fourth-order valence-electron chi connectivity index (χ4n) is 0.136.